The Balaban J connectivity index is 1.39. The standard InChI is InChI=1S/C19H28N6OS/c1-13-4-5-16(27-13)12-24-9-14-8-17-21-22-18(25(17)11-15(14)10-24)19(26)20-6-7-23(2)3/h4-5,14-15H,6-12H2,1-3H3,(H,20,26)/t14-,15+/m1/s1. The molecule has 0 saturated carbocycles. The summed E-state index contributed by atoms with van der Waals surface area (Å²) in [5.74, 6) is 2.51. The first-order chi connectivity index (χ1) is 13.0. The zero-order chi connectivity index (χ0) is 19.0. The smallest absolute Gasteiger partial charge is 0.289 e. The SMILES string of the molecule is Cc1ccc(CN2C[C@H]3Cc4nnc(C(=O)NCCN(C)C)n4C[C@@H]3C2)s1. The third-order valence-electron chi connectivity index (χ3n) is 5.56. The molecule has 27 heavy (non-hydrogen) atoms. The Hall–Kier alpha value is -1.77. The van der Waals surface area contributed by atoms with Crippen molar-refractivity contribution in [3.8, 4) is 0 Å². The van der Waals surface area contributed by atoms with Gasteiger partial charge in [-0.2, -0.15) is 0 Å². The second kappa shape index (κ2) is 7.69. The van der Waals surface area contributed by atoms with Gasteiger partial charge in [-0.1, -0.05) is 0 Å². The second-order valence-corrected chi connectivity index (χ2v) is 9.41. The average Bonchev–Trinajstić information content (AvgIpc) is 3.30. The largest absolute Gasteiger partial charge is 0.348 e. The Bertz CT molecular complexity index is 813. The lowest BCUT2D eigenvalue weighted by atomic mass is 9.89. The zero-order valence-electron chi connectivity index (χ0n) is 16.3. The van der Waals surface area contributed by atoms with Gasteiger partial charge in [0, 0.05) is 55.4 Å². The number of nitrogens with zero attached hydrogens (tertiary/aromatic N) is 5. The Labute approximate surface area is 164 Å². The Morgan fingerprint density at radius 1 is 1.26 bits per heavy atom. The van der Waals surface area contributed by atoms with E-state index in [1.807, 2.05) is 34.9 Å². The fourth-order valence-corrected chi connectivity index (χ4v) is 5.11. The summed E-state index contributed by atoms with van der Waals surface area (Å²) < 4.78 is 2.05. The van der Waals surface area contributed by atoms with Crippen LogP contribution in [-0.2, 0) is 19.5 Å². The fraction of sp³-hybridized carbons (Fsp3) is 0.632. The monoisotopic (exact) mass is 388 g/mol. The molecule has 0 unspecified atom stereocenters. The molecule has 1 N–H and O–H groups in total. The number of amides is 1. The Morgan fingerprint density at radius 3 is 2.81 bits per heavy atom. The summed E-state index contributed by atoms with van der Waals surface area (Å²) in [7, 11) is 3.99. The number of hydrogen-bond acceptors (Lipinski definition) is 6. The molecule has 2 aliphatic rings. The molecule has 0 aliphatic carbocycles. The molecule has 2 aromatic heterocycles. The van der Waals surface area contributed by atoms with E-state index in [2.05, 4.69) is 39.5 Å². The molecule has 0 radical (unpaired) electrons. The summed E-state index contributed by atoms with van der Waals surface area (Å²) >= 11 is 1.89. The minimum atomic E-state index is -0.113. The maximum absolute atomic E-state index is 12.5. The minimum Gasteiger partial charge on any atom is -0.348 e. The van der Waals surface area contributed by atoms with E-state index >= 15 is 0 Å². The van der Waals surface area contributed by atoms with E-state index in [0.717, 1.165) is 45.0 Å². The topological polar surface area (TPSA) is 66.3 Å². The number of aryl methyl sites for hydroxylation is 1. The molecule has 0 spiro atoms. The van der Waals surface area contributed by atoms with Gasteiger partial charge in [0.05, 0.1) is 0 Å². The zero-order valence-corrected chi connectivity index (χ0v) is 17.1. The van der Waals surface area contributed by atoms with Crippen LogP contribution in [0.5, 0.6) is 0 Å². The molecule has 7 nitrogen and oxygen atoms in total. The van der Waals surface area contributed by atoms with E-state index in [-0.39, 0.29) is 5.91 Å². The van der Waals surface area contributed by atoms with E-state index in [4.69, 9.17) is 0 Å². The molecule has 8 heteroatoms. The van der Waals surface area contributed by atoms with Crippen molar-refractivity contribution < 1.29 is 4.79 Å². The number of fused-ring (bicyclic) bond motifs is 2. The van der Waals surface area contributed by atoms with Gasteiger partial charge in [0.2, 0.25) is 5.82 Å². The number of nitrogens with one attached hydrogen (secondary N) is 1. The number of hydrogen-bond donors (Lipinski definition) is 1. The first-order valence-corrected chi connectivity index (χ1v) is 10.4. The van der Waals surface area contributed by atoms with Crippen molar-refractivity contribution in [2.24, 2.45) is 11.8 Å². The molecule has 2 aliphatic heterocycles. The lowest BCUT2D eigenvalue weighted by Gasteiger charge is -2.25. The predicted molar refractivity (Wildman–Crippen MR) is 106 cm³/mol. The molecule has 146 valence electrons. The average molecular weight is 389 g/mol. The molecule has 0 bridgehead atoms. The van der Waals surface area contributed by atoms with Gasteiger partial charge in [0.1, 0.15) is 5.82 Å². The summed E-state index contributed by atoms with van der Waals surface area (Å²) in [6, 6.07) is 4.44. The lowest BCUT2D eigenvalue weighted by molar-refractivity contribution is 0.0932. The van der Waals surface area contributed by atoms with Crippen LogP contribution in [0.25, 0.3) is 0 Å². The van der Waals surface area contributed by atoms with E-state index in [1.54, 1.807) is 0 Å². The molecule has 4 heterocycles. The normalized spacial score (nSPS) is 22.1. The summed E-state index contributed by atoms with van der Waals surface area (Å²) in [5, 5.41) is 11.5. The third-order valence-corrected chi connectivity index (χ3v) is 6.55. The highest BCUT2D eigenvalue weighted by Gasteiger charge is 2.39. The van der Waals surface area contributed by atoms with Gasteiger partial charge < -0.3 is 14.8 Å². The molecule has 2 atom stereocenters. The van der Waals surface area contributed by atoms with E-state index in [9.17, 15) is 4.79 Å². The Morgan fingerprint density at radius 2 is 2.07 bits per heavy atom. The second-order valence-electron chi connectivity index (χ2n) is 8.04. The maximum Gasteiger partial charge on any atom is 0.289 e. The van der Waals surface area contributed by atoms with Gasteiger partial charge in [0.15, 0.2) is 0 Å². The van der Waals surface area contributed by atoms with Crippen LogP contribution in [-0.4, -0.2) is 70.7 Å². The van der Waals surface area contributed by atoms with Gasteiger partial charge in [-0.15, -0.1) is 21.5 Å². The minimum absolute atomic E-state index is 0.113. The van der Waals surface area contributed by atoms with Crippen molar-refractivity contribution in [3.63, 3.8) is 0 Å². The van der Waals surface area contributed by atoms with Crippen LogP contribution in [0, 0.1) is 18.8 Å². The number of carbonyl (C=O) groups is 1. The summed E-state index contributed by atoms with van der Waals surface area (Å²) in [4.78, 5) is 19.9. The van der Waals surface area contributed by atoms with Crippen molar-refractivity contribution in [1.29, 1.82) is 0 Å². The van der Waals surface area contributed by atoms with Gasteiger partial charge in [-0.05, 0) is 45.0 Å². The molecule has 4 rings (SSSR count). The third kappa shape index (κ3) is 4.07. The molecule has 2 aromatic rings. The molecular formula is C19H28N6OS. The van der Waals surface area contributed by atoms with Crippen molar-refractivity contribution in [1.82, 2.24) is 29.9 Å². The summed E-state index contributed by atoms with van der Waals surface area (Å²) in [6.07, 6.45) is 0.919. The fourth-order valence-electron chi connectivity index (χ4n) is 4.18. The van der Waals surface area contributed by atoms with Crippen LogP contribution >= 0.6 is 11.3 Å². The lowest BCUT2D eigenvalue weighted by Crippen LogP contribution is -2.35. The molecule has 1 saturated heterocycles. The van der Waals surface area contributed by atoms with E-state index in [0.29, 0.717) is 24.2 Å². The highest BCUT2D eigenvalue weighted by molar-refractivity contribution is 7.11. The maximum atomic E-state index is 12.5. The van der Waals surface area contributed by atoms with Crippen LogP contribution in [0.4, 0.5) is 0 Å². The van der Waals surface area contributed by atoms with E-state index in [1.165, 1.54) is 9.75 Å². The number of likely N-dealkylation sites (N-methyl/N-ethyl adjacent to an activating group) is 1. The molecule has 1 amide bonds. The number of likely N-dealkylation sites (tertiary alicyclic amines) is 1. The van der Waals surface area contributed by atoms with Gasteiger partial charge >= 0.3 is 0 Å². The molecule has 1 fully saturated rings. The van der Waals surface area contributed by atoms with Crippen LogP contribution in [0.3, 0.4) is 0 Å². The quantitative estimate of drug-likeness (QED) is 0.807. The molecular weight excluding hydrogens is 360 g/mol. The van der Waals surface area contributed by atoms with E-state index < -0.39 is 0 Å². The van der Waals surface area contributed by atoms with Crippen LogP contribution in [0.15, 0.2) is 12.1 Å². The summed E-state index contributed by atoms with van der Waals surface area (Å²) in [5.41, 5.74) is 0. The van der Waals surface area contributed by atoms with Gasteiger partial charge in [0.25, 0.3) is 5.91 Å². The predicted octanol–water partition coefficient (Wildman–Crippen LogP) is 1.24. The van der Waals surface area contributed by atoms with Crippen molar-refractivity contribution in [2.75, 3.05) is 40.3 Å². The van der Waals surface area contributed by atoms with Gasteiger partial charge in [-0.3, -0.25) is 9.69 Å². The summed E-state index contributed by atoms with van der Waals surface area (Å²) in [6.45, 7) is 7.67. The van der Waals surface area contributed by atoms with Crippen molar-refractivity contribution in [3.05, 3.63) is 33.5 Å². The van der Waals surface area contributed by atoms with Crippen LogP contribution < -0.4 is 5.32 Å². The molecule has 0 aromatic carbocycles. The highest BCUT2D eigenvalue weighted by atomic mass is 32.1. The van der Waals surface area contributed by atoms with Gasteiger partial charge in [-0.25, -0.2) is 0 Å². The number of rotatable bonds is 6. The van der Waals surface area contributed by atoms with Crippen LogP contribution in [0.2, 0.25) is 0 Å². The Kier molecular flexibility index (Phi) is 5.29. The number of aromatic nitrogens is 3. The van der Waals surface area contributed by atoms with Crippen LogP contribution in [0.1, 0.15) is 26.2 Å². The number of carbonyl (C=O) groups excluding carboxylic acids is 1. The van der Waals surface area contributed by atoms with Crippen molar-refractivity contribution in [2.45, 2.75) is 26.4 Å². The number of thiophene rings is 1. The highest BCUT2D eigenvalue weighted by Crippen LogP contribution is 2.33. The first kappa shape index (κ1) is 18.6. The van der Waals surface area contributed by atoms with Crippen molar-refractivity contribution >= 4 is 17.2 Å². The first-order valence-electron chi connectivity index (χ1n) is 9.62.